The molecule has 1 rings (SSSR count). The quantitative estimate of drug-likeness (QED) is 0.829. The molecule has 0 aliphatic carbocycles. The molecule has 0 saturated heterocycles. The van der Waals surface area contributed by atoms with Crippen molar-refractivity contribution in [1.29, 1.82) is 0 Å². The summed E-state index contributed by atoms with van der Waals surface area (Å²) in [4.78, 5) is 10.8. The second-order valence-corrected chi connectivity index (χ2v) is 3.64. The van der Waals surface area contributed by atoms with Crippen LogP contribution in [0.3, 0.4) is 0 Å². The number of alkyl halides is 2. The highest BCUT2D eigenvalue weighted by Crippen LogP contribution is 2.29. The standard InChI is InChI=1S/C11H13F2NO2/c1-11(12,13)8-4-2-3-7(5-8)9(6-14)10(15)16/h2-5,9H,6,14H2,1H3,(H,15,16). The Morgan fingerprint density at radius 1 is 1.56 bits per heavy atom. The summed E-state index contributed by atoms with van der Waals surface area (Å²) in [6, 6.07) is 5.35. The zero-order valence-electron chi connectivity index (χ0n) is 8.78. The number of carboxylic acids is 1. The normalized spacial score (nSPS) is 13.5. The van der Waals surface area contributed by atoms with Crippen LogP contribution in [0.1, 0.15) is 24.0 Å². The number of carboxylic acid groups (broad SMARTS) is 1. The predicted molar refractivity (Wildman–Crippen MR) is 55.4 cm³/mol. The maximum atomic E-state index is 13.0. The Balaban J connectivity index is 3.11. The van der Waals surface area contributed by atoms with E-state index < -0.39 is 17.8 Å². The lowest BCUT2D eigenvalue weighted by Gasteiger charge is -2.15. The van der Waals surface area contributed by atoms with Crippen molar-refractivity contribution in [2.75, 3.05) is 6.54 Å². The molecule has 0 heterocycles. The molecule has 0 radical (unpaired) electrons. The first-order chi connectivity index (χ1) is 7.36. The minimum Gasteiger partial charge on any atom is -0.481 e. The number of carbonyl (C=O) groups is 1. The van der Waals surface area contributed by atoms with Crippen LogP contribution in [0.4, 0.5) is 8.78 Å². The van der Waals surface area contributed by atoms with Crippen molar-refractivity contribution in [3.05, 3.63) is 35.4 Å². The predicted octanol–water partition coefficient (Wildman–Crippen LogP) is 1.93. The molecule has 1 aromatic rings. The zero-order valence-corrected chi connectivity index (χ0v) is 8.78. The summed E-state index contributed by atoms with van der Waals surface area (Å²) in [7, 11) is 0. The Morgan fingerprint density at radius 2 is 2.19 bits per heavy atom. The second kappa shape index (κ2) is 4.57. The van der Waals surface area contributed by atoms with Gasteiger partial charge in [0.15, 0.2) is 0 Å². The Kier molecular flexibility index (Phi) is 3.59. The molecular weight excluding hydrogens is 216 g/mol. The molecule has 3 N–H and O–H groups in total. The highest BCUT2D eigenvalue weighted by atomic mass is 19.3. The number of hydrogen-bond donors (Lipinski definition) is 2. The Labute approximate surface area is 91.9 Å². The molecule has 0 fully saturated rings. The maximum absolute atomic E-state index is 13.0. The third-order valence-electron chi connectivity index (χ3n) is 2.33. The number of benzene rings is 1. The van der Waals surface area contributed by atoms with E-state index in [1.54, 1.807) is 0 Å². The van der Waals surface area contributed by atoms with E-state index in [1.165, 1.54) is 24.3 Å². The summed E-state index contributed by atoms with van der Waals surface area (Å²) in [6.07, 6.45) is 0. The molecule has 0 spiro atoms. The van der Waals surface area contributed by atoms with Crippen molar-refractivity contribution in [2.45, 2.75) is 18.8 Å². The number of aliphatic carboxylic acids is 1. The van der Waals surface area contributed by atoms with E-state index in [0.717, 1.165) is 6.92 Å². The second-order valence-electron chi connectivity index (χ2n) is 3.64. The molecule has 88 valence electrons. The monoisotopic (exact) mass is 229 g/mol. The summed E-state index contributed by atoms with van der Waals surface area (Å²) < 4.78 is 26.0. The highest BCUT2D eigenvalue weighted by molar-refractivity contribution is 5.76. The van der Waals surface area contributed by atoms with E-state index in [4.69, 9.17) is 10.8 Å². The highest BCUT2D eigenvalue weighted by Gasteiger charge is 2.26. The Bertz CT molecular complexity index is 388. The lowest BCUT2D eigenvalue weighted by molar-refractivity contribution is -0.138. The third kappa shape index (κ3) is 2.76. The fraction of sp³-hybridized carbons (Fsp3) is 0.364. The van der Waals surface area contributed by atoms with Gasteiger partial charge in [0.1, 0.15) is 0 Å². The van der Waals surface area contributed by atoms with E-state index >= 15 is 0 Å². The Morgan fingerprint density at radius 3 is 2.62 bits per heavy atom. The molecular formula is C11H13F2NO2. The van der Waals surface area contributed by atoms with Crippen LogP contribution in [0.2, 0.25) is 0 Å². The number of halogens is 2. The van der Waals surface area contributed by atoms with Gasteiger partial charge in [0.25, 0.3) is 5.92 Å². The average Bonchev–Trinajstić information content (AvgIpc) is 2.17. The molecule has 16 heavy (non-hydrogen) atoms. The van der Waals surface area contributed by atoms with Gasteiger partial charge in [-0.2, -0.15) is 0 Å². The van der Waals surface area contributed by atoms with Crippen molar-refractivity contribution < 1.29 is 18.7 Å². The summed E-state index contributed by atoms with van der Waals surface area (Å²) in [5, 5.41) is 8.85. The summed E-state index contributed by atoms with van der Waals surface area (Å²) in [5.74, 6) is -5.03. The van der Waals surface area contributed by atoms with Crippen molar-refractivity contribution >= 4 is 5.97 Å². The van der Waals surface area contributed by atoms with Crippen LogP contribution in [0.15, 0.2) is 24.3 Å². The zero-order chi connectivity index (χ0) is 12.3. The summed E-state index contributed by atoms with van der Waals surface area (Å²) >= 11 is 0. The smallest absolute Gasteiger partial charge is 0.312 e. The van der Waals surface area contributed by atoms with Gasteiger partial charge in [-0.3, -0.25) is 4.79 Å². The van der Waals surface area contributed by atoms with Crippen molar-refractivity contribution in [2.24, 2.45) is 5.73 Å². The van der Waals surface area contributed by atoms with E-state index in [0.29, 0.717) is 5.56 Å². The Hall–Kier alpha value is -1.49. The fourth-order valence-electron chi connectivity index (χ4n) is 1.41. The van der Waals surface area contributed by atoms with Crippen molar-refractivity contribution in [3.63, 3.8) is 0 Å². The van der Waals surface area contributed by atoms with Crippen LogP contribution in [-0.2, 0) is 10.7 Å². The van der Waals surface area contributed by atoms with Crippen LogP contribution >= 0.6 is 0 Å². The van der Waals surface area contributed by atoms with Crippen LogP contribution in [-0.4, -0.2) is 17.6 Å². The average molecular weight is 229 g/mol. The van der Waals surface area contributed by atoms with Gasteiger partial charge in [-0.25, -0.2) is 8.78 Å². The van der Waals surface area contributed by atoms with Gasteiger partial charge in [0, 0.05) is 19.0 Å². The number of hydrogen-bond acceptors (Lipinski definition) is 2. The van der Waals surface area contributed by atoms with Crippen LogP contribution < -0.4 is 5.73 Å². The summed E-state index contributed by atoms with van der Waals surface area (Å²) in [6.45, 7) is 0.651. The third-order valence-corrected chi connectivity index (χ3v) is 2.33. The van der Waals surface area contributed by atoms with Gasteiger partial charge >= 0.3 is 5.97 Å². The molecule has 1 unspecified atom stereocenters. The first kappa shape index (κ1) is 12.6. The van der Waals surface area contributed by atoms with Gasteiger partial charge < -0.3 is 10.8 Å². The van der Waals surface area contributed by atoms with Gasteiger partial charge in [0.05, 0.1) is 5.92 Å². The van der Waals surface area contributed by atoms with E-state index in [2.05, 4.69) is 0 Å². The SMILES string of the molecule is CC(F)(F)c1cccc(C(CN)C(=O)O)c1. The van der Waals surface area contributed by atoms with E-state index in [1.807, 2.05) is 0 Å². The fourth-order valence-corrected chi connectivity index (χ4v) is 1.41. The molecule has 0 saturated carbocycles. The lowest BCUT2D eigenvalue weighted by atomic mass is 9.96. The minimum atomic E-state index is -2.98. The van der Waals surface area contributed by atoms with E-state index in [9.17, 15) is 13.6 Å². The molecule has 0 aliphatic rings. The molecule has 5 heteroatoms. The first-order valence-corrected chi connectivity index (χ1v) is 4.77. The van der Waals surface area contributed by atoms with Gasteiger partial charge in [-0.15, -0.1) is 0 Å². The molecule has 0 amide bonds. The number of rotatable bonds is 4. The van der Waals surface area contributed by atoms with Gasteiger partial charge in [-0.1, -0.05) is 18.2 Å². The molecule has 1 aromatic carbocycles. The van der Waals surface area contributed by atoms with Crippen molar-refractivity contribution in [3.8, 4) is 0 Å². The van der Waals surface area contributed by atoms with Gasteiger partial charge in [0.2, 0.25) is 0 Å². The molecule has 0 aliphatic heterocycles. The summed E-state index contributed by atoms with van der Waals surface area (Å²) in [5.41, 5.74) is 5.39. The first-order valence-electron chi connectivity index (χ1n) is 4.77. The van der Waals surface area contributed by atoms with Crippen LogP contribution in [0, 0.1) is 0 Å². The molecule has 0 bridgehead atoms. The van der Waals surface area contributed by atoms with Gasteiger partial charge in [-0.05, 0) is 11.6 Å². The molecule has 0 aromatic heterocycles. The number of nitrogens with two attached hydrogens (primary N) is 1. The lowest BCUT2D eigenvalue weighted by Crippen LogP contribution is -2.21. The largest absolute Gasteiger partial charge is 0.481 e. The topological polar surface area (TPSA) is 63.3 Å². The van der Waals surface area contributed by atoms with Crippen LogP contribution in [0.5, 0.6) is 0 Å². The maximum Gasteiger partial charge on any atom is 0.312 e. The van der Waals surface area contributed by atoms with E-state index in [-0.39, 0.29) is 12.1 Å². The molecule has 3 nitrogen and oxygen atoms in total. The minimum absolute atomic E-state index is 0.117. The van der Waals surface area contributed by atoms with Crippen molar-refractivity contribution in [1.82, 2.24) is 0 Å². The molecule has 1 atom stereocenters. The van der Waals surface area contributed by atoms with Crippen LogP contribution in [0.25, 0.3) is 0 Å².